The summed E-state index contributed by atoms with van der Waals surface area (Å²) in [5.41, 5.74) is 1.45. The van der Waals surface area contributed by atoms with Gasteiger partial charge in [0.25, 0.3) is 5.56 Å². The van der Waals surface area contributed by atoms with Gasteiger partial charge in [-0.1, -0.05) is 13.3 Å². The number of aryl methyl sites for hydroxylation is 2. The van der Waals surface area contributed by atoms with Crippen molar-refractivity contribution in [2.24, 2.45) is 0 Å². The fourth-order valence-corrected chi connectivity index (χ4v) is 5.57. The first-order valence-corrected chi connectivity index (χ1v) is 11.1. The Bertz CT molecular complexity index is 819. The second-order valence-corrected chi connectivity index (χ2v) is 8.70. The minimum absolute atomic E-state index is 0.164. The quantitative estimate of drug-likeness (QED) is 0.839. The zero-order chi connectivity index (χ0) is 17.9. The van der Waals surface area contributed by atoms with E-state index >= 15 is 0 Å². The van der Waals surface area contributed by atoms with Crippen LogP contribution in [0, 0.1) is 0 Å². The zero-order valence-corrected chi connectivity index (χ0v) is 16.7. The molecule has 1 fully saturated rings. The first-order chi connectivity index (χ1) is 12.8. The van der Waals surface area contributed by atoms with Gasteiger partial charge in [-0.3, -0.25) is 9.36 Å². The first-order valence-electron chi connectivity index (χ1n) is 10.3. The molecule has 1 saturated heterocycles. The lowest BCUT2D eigenvalue weighted by molar-refractivity contribution is 0.237. The summed E-state index contributed by atoms with van der Waals surface area (Å²) in [4.78, 5) is 23.0. The molecule has 142 valence electrons. The number of anilines is 1. The Morgan fingerprint density at radius 3 is 2.69 bits per heavy atom. The van der Waals surface area contributed by atoms with Crippen LogP contribution in [0.4, 0.5) is 5.95 Å². The van der Waals surface area contributed by atoms with E-state index in [0.29, 0.717) is 0 Å². The highest BCUT2D eigenvalue weighted by Crippen LogP contribution is 2.34. The van der Waals surface area contributed by atoms with Gasteiger partial charge in [0.2, 0.25) is 5.95 Å². The molecule has 2 aliphatic rings. The molecule has 1 aliphatic carbocycles. The summed E-state index contributed by atoms with van der Waals surface area (Å²) < 4.78 is 1.88. The van der Waals surface area contributed by atoms with Crippen LogP contribution in [0.15, 0.2) is 4.79 Å². The summed E-state index contributed by atoms with van der Waals surface area (Å²) in [6.45, 7) is 7.14. The average molecular weight is 375 g/mol. The molecule has 4 rings (SSSR count). The van der Waals surface area contributed by atoms with Crippen LogP contribution >= 0.6 is 11.3 Å². The molecule has 0 radical (unpaired) electrons. The third-order valence-electron chi connectivity index (χ3n) is 5.68. The van der Waals surface area contributed by atoms with Gasteiger partial charge < -0.3 is 10.2 Å². The fourth-order valence-electron chi connectivity index (χ4n) is 4.31. The van der Waals surface area contributed by atoms with Crippen molar-refractivity contribution in [3.05, 3.63) is 20.8 Å². The maximum absolute atomic E-state index is 13.2. The van der Waals surface area contributed by atoms with E-state index in [1.807, 2.05) is 4.57 Å². The number of nitrogens with one attached hydrogen (secondary N) is 1. The molecule has 0 bridgehead atoms. The molecule has 0 amide bonds. The minimum Gasteiger partial charge on any atom is -0.354 e. The summed E-state index contributed by atoms with van der Waals surface area (Å²) in [5.74, 6) is 0.764. The van der Waals surface area contributed by atoms with E-state index in [9.17, 15) is 4.79 Å². The molecule has 6 heteroatoms. The zero-order valence-electron chi connectivity index (χ0n) is 15.9. The van der Waals surface area contributed by atoms with Crippen LogP contribution in [-0.2, 0) is 19.4 Å². The molecule has 0 spiro atoms. The van der Waals surface area contributed by atoms with E-state index in [1.165, 1.54) is 55.6 Å². The Balaban J connectivity index is 1.60. The van der Waals surface area contributed by atoms with Gasteiger partial charge >= 0.3 is 0 Å². The Morgan fingerprint density at radius 1 is 1.08 bits per heavy atom. The normalized spacial score (nSPS) is 18.2. The van der Waals surface area contributed by atoms with Gasteiger partial charge in [0.05, 0.1) is 5.39 Å². The molecule has 5 nitrogen and oxygen atoms in total. The van der Waals surface area contributed by atoms with Crippen molar-refractivity contribution in [2.45, 2.75) is 64.8 Å². The monoisotopic (exact) mass is 374 g/mol. The minimum atomic E-state index is 0.164. The van der Waals surface area contributed by atoms with Crippen LogP contribution in [0.5, 0.6) is 0 Å². The summed E-state index contributed by atoms with van der Waals surface area (Å²) >= 11 is 1.74. The average Bonchev–Trinajstić information content (AvgIpc) is 3.04. The van der Waals surface area contributed by atoms with Gasteiger partial charge in [0.1, 0.15) is 4.83 Å². The molecule has 0 unspecified atom stereocenters. The number of rotatable bonds is 6. The van der Waals surface area contributed by atoms with Crippen LogP contribution in [-0.4, -0.2) is 40.6 Å². The van der Waals surface area contributed by atoms with Crippen LogP contribution in [0.1, 0.15) is 55.9 Å². The molecule has 1 N–H and O–H groups in total. The molecule has 3 heterocycles. The maximum Gasteiger partial charge on any atom is 0.263 e. The van der Waals surface area contributed by atoms with E-state index in [1.54, 1.807) is 11.3 Å². The standard InChI is InChI=1S/C20H30N4OS/c1-2-11-24-19(25)17-15-8-4-5-9-16(15)26-18(17)22-20(24)21-10-14-23-12-6-3-7-13-23/h2-14H2,1H3,(H,21,22). The van der Waals surface area contributed by atoms with E-state index in [-0.39, 0.29) is 5.56 Å². The van der Waals surface area contributed by atoms with Gasteiger partial charge in [0.15, 0.2) is 0 Å². The van der Waals surface area contributed by atoms with Gasteiger partial charge in [-0.2, -0.15) is 0 Å². The summed E-state index contributed by atoms with van der Waals surface area (Å²) in [7, 11) is 0. The van der Waals surface area contributed by atoms with E-state index < -0.39 is 0 Å². The predicted molar refractivity (Wildman–Crippen MR) is 110 cm³/mol. The van der Waals surface area contributed by atoms with Gasteiger partial charge in [-0.25, -0.2) is 4.98 Å². The van der Waals surface area contributed by atoms with E-state index in [2.05, 4.69) is 17.1 Å². The first kappa shape index (κ1) is 18.0. The Hall–Kier alpha value is -1.40. The highest BCUT2D eigenvalue weighted by atomic mass is 32.1. The molecular formula is C20H30N4OS. The molecule has 2 aromatic rings. The number of likely N-dealkylation sites (tertiary alicyclic amines) is 1. The lowest BCUT2D eigenvalue weighted by Gasteiger charge is -2.26. The highest BCUT2D eigenvalue weighted by molar-refractivity contribution is 7.18. The Labute approximate surface area is 159 Å². The van der Waals surface area contributed by atoms with Gasteiger partial charge in [0, 0.05) is 24.5 Å². The Kier molecular flexibility index (Phi) is 5.60. The van der Waals surface area contributed by atoms with Crippen molar-refractivity contribution >= 4 is 27.5 Å². The van der Waals surface area contributed by atoms with Gasteiger partial charge in [-0.15, -0.1) is 11.3 Å². The van der Waals surface area contributed by atoms with Crippen LogP contribution < -0.4 is 10.9 Å². The molecule has 0 atom stereocenters. The van der Waals surface area contributed by atoms with Crippen molar-refractivity contribution in [1.82, 2.24) is 14.5 Å². The highest BCUT2D eigenvalue weighted by Gasteiger charge is 2.22. The largest absolute Gasteiger partial charge is 0.354 e. The van der Waals surface area contributed by atoms with E-state index in [4.69, 9.17) is 4.98 Å². The van der Waals surface area contributed by atoms with Crippen molar-refractivity contribution in [2.75, 3.05) is 31.5 Å². The Morgan fingerprint density at radius 2 is 1.88 bits per heavy atom. The third-order valence-corrected chi connectivity index (χ3v) is 6.87. The number of nitrogens with zero attached hydrogens (tertiary/aromatic N) is 3. The lowest BCUT2D eigenvalue weighted by atomic mass is 9.97. The molecule has 1 aliphatic heterocycles. The van der Waals surface area contributed by atoms with Crippen LogP contribution in [0.2, 0.25) is 0 Å². The molecule has 0 saturated carbocycles. The van der Waals surface area contributed by atoms with Crippen molar-refractivity contribution < 1.29 is 0 Å². The van der Waals surface area contributed by atoms with Crippen LogP contribution in [0.3, 0.4) is 0 Å². The summed E-state index contributed by atoms with van der Waals surface area (Å²) in [6, 6.07) is 0. The smallest absolute Gasteiger partial charge is 0.263 e. The van der Waals surface area contributed by atoms with Crippen LogP contribution in [0.25, 0.3) is 10.2 Å². The van der Waals surface area contributed by atoms with Crippen molar-refractivity contribution in [1.29, 1.82) is 0 Å². The summed E-state index contributed by atoms with van der Waals surface area (Å²) in [6.07, 6.45) is 9.52. The molecule has 26 heavy (non-hydrogen) atoms. The number of piperidine rings is 1. The second-order valence-electron chi connectivity index (χ2n) is 7.61. The second kappa shape index (κ2) is 8.09. The third kappa shape index (κ3) is 3.54. The van der Waals surface area contributed by atoms with Crippen molar-refractivity contribution in [3.63, 3.8) is 0 Å². The topological polar surface area (TPSA) is 50.2 Å². The predicted octanol–water partition coefficient (Wildman–Crippen LogP) is 3.64. The van der Waals surface area contributed by atoms with E-state index in [0.717, 1.165) is 55.1 Å². The molecular weight excluding hydrogens is 344 g/mol. The molecule has 0 aromatic carbocycles. The number of aromatic nitrogens is 2. The fraction of sp³-hybridized carbons (Fsp3) is 0.700. The SMILES string of the molecule is CCCn1c(NCCN2CCCCC2)nc2sc3c(c2c1=O)CCCC3. The summed E-state index contributed by atoms with van der Waals surface area (Å²) in [5, 5.41) is 4.38. The molecule has 2 aromatic heterocycles. The number of thiophene rings is 1. The maximum atomic E-state index is 13.2. The lowest BCUT2D eigenvalue weighted by Crippen LogP contribution is -2.34. The number of fused-ring (bicyclic) bond motifs is 3. The van der Waals surface area contributed by atoms with Crippen molar-refractivity contribution in [3.8, 4) is 0 Å². The number of hydrogen-bond donors (Lipinski definition) is 1. The van der Waals surface area contributed by atoms with Gasteiger partial charge in [-0.05, 0) is 63.6 Å². The number of hydrogen-bond acceptors (Lipinski definition) is 5.